The number of nitrogens with zero attached hydrogens (tertiary/aromatic N) is 2. The third-order valence-electron chi connectivity index (χ3n) is 11.9. The Bertz CT molecular complexity index is 2860. The van der Waals surface area contributed by atoms with E-state index in [2.05, 4.69) is 188 Å². The molecule has 0 saturated carbocycles. The quantitative estimate of drug-likeness (QED) is 0.178. The first-order valence-electron chi connectivity index (χ1n) is 19.3. The van der Waals surface area contributed by atoms with Gasteiger partial charge < -0.3 is 4.74 Å². The lowest BCUT2D eigenvalue weighted by atomic mass is 9.61. The predicted molar refractivity (Wildman–Crippen MR) is 227 cm³/mol. The standard InChI is InChI=1S/C53H36N2O/c1-3-17-35(18-4-1)39-23-7-8-26-43(39)49-34-48(54-52(55-49)36-19-5-2-6-20-36)38-22-15-21-37(33-38)40-27-16-31-47-51(40)56-50-32-14-13-30-46(50)53(47)44-28-11-9-24-41(44)42-25-10-12-29-45(42)53/h1-34,41,44H. The van der Waals surface area contributed by atoms with Crippen molar-refractivity contribution in [2.45, 2.75) is 11.3 Å². The molecule has 2 heterocycles. The lowest BCUT2D eigenvalue weighted by Gasteiger charge is -2.43. The number of aromatic nitrogens is 2. The van der Waals surface area contributed by atoms with Crippen molar-refractivity contribution in [3.63, 3.8) is 0 Å². The number of allylic oxidation sites excluding steroid dienone is 4. The molecule has 264 valence electrons. The van der Waals surface area contributed by atoms with Crippen LogP contribution in [0.15, 0.2) is 206 Å². The predicted octanol–water partition coefficient (Wildman–Crippen LogP) is 13.1. The minimum absolute atomic E-state index is 0.213. The fourth-order valence-corrected chi connectivity index (χ4v) is 9.49. The van der Waals surface area contributed by atoms with Gasteiger partial charge >= 0.3 is 0 Å². The number of ether oxygens (including phenoxy) is 1. The van der Waals surface area contributed by atoms with Crippen molar-refractivity contribution < 1.29 is 4.74 Å². The number of hydrogen-bond acceptors (Lipinski definition) is 3. The molecule has 3 aliphatic rings. The Morgan fingerprint density at radius 2 is 1.04 bits per heavy atom. The molecule has 1 aromatic heterocycles. The van der Waals surface area contributed by atoms with Crippen molar-refractivity contribution >= 4 is 0 Å². The molecule has 0 N–H and O–H groups in total. The molecule has 0 radical (unpaired) electrons. The van der Waals surface area contributed by atoms with Crippen molar-refractivity contribution in [3.8, 4) is 67.7 Å². The highest BCUT2D eigenvalue weighted by Crippen LogP contribution is 2.65. The van der Waals surface area contributed by atoms with Crippen molar-refractivity contribution in [1.29, 1.82) is 0 Å². The van der Waals surface area contributed by atoms with Crippen molar-refractivity contribution in [1.82, 2.24) is 9.97 Å². The Balaban J connectivity index is 1.09. The molecular weight excluding hydrogens is 681 g/mol. The minimum Gasteiger partial charge on any atom is -0.456 e. The summed E-state index contributed by atoms with van der Waals surface area (Å²) < 4.78 is 7.03. The van der Waals surface area contributed by atoms with Crippen LogP contribution >= 0.6 is 0 Å². The van der Waals surface area contributed by atoms with E-state index in [1.54, 1.807) is 0 Å². The van der Waals surface area contributed by atoms with E-state index in [1.165, 1.54) is 22.3 Å². The van der Waals surface area contributed by atoms with Crippen LogP contribution in [0.2, 0.25) is 0 Å². The summed E-state index contributed by atoms with van der Waals surface area (Å²) in [5, 5.41) is 0. The van der Waals surface area contributed by atoms with Gasteiger partial charge in [-0.1, -0.05) is 188 Å². The molecule has 56 heavy (non-hydrogen) atoms. The minimum atomic E-state index is -0.404. The monoisotopic (exact) mass is 716 g/mol. The van der Waals surface area contributed by atoms with Crippen LogP contribution in [-0.4, -0.2) is 9.97 Å². The van der Waals surface area contributed by atoms with Crippen LogP contribution in [-0.2, 0) is 5.41 Å². The molecule has 11 rings (SSSR count). The highest BCUT2D eigenvalue weighted by molar-refractivity contribution is 5.86. The number of benzene rings is 7. The van der Waals surface area contributed by atoms with Gasteiger partial charge in [-0.15, -0.1) is 0 Å². The summed E-state index contributed by atoms with van der Waals surface area (Å²) in [6.07, 6.45) is 9.21. The van der Waals surface area contributed by atoms with Crippen molar-refractivity contribution in [2.75, 3.05) is 0 Å². The highest BCUT2D eigenvalue weighted by Gasteiger charge is 2.56. The molecule has 0 amide bonds. The molecule has 0 bridgehead atoms. The van der Waals surface area contributed by atoms with E-state index in [1.807, 2.05) is 18.2 Å². The van der Waals surface area contributed by atoms with Gasteiger partial charge in [-0.2, -0.15) is 0 Å². The van der Waals surface area contributed by atoms with Gasteiger partial charge in [0.05, 0.1) is 16.8 Å². The molecule has 1 spiro atoms. The summed E-state index contributed by atoms with van der Waals surface area (Å²) in [7, 11) is 0. The molecule has 3 atom stereocenters. The van der Waals surface area contributed by atoms with Gasteiger partial charge in [-0.25, -0.2) is 9.97 Å². The van der Waals surface area contributed by atoms with Crippen LogP contribution in [0.5, 0.6) is 11.5 Å². The summed E-state index contributed by atoms with van der Waals surface area (Å²) in [5.74, 6) is 3.00. The Morgan fingerprint density at radius 3 is 1.89 bits per heavy atom. The van der Waals surface area contributed by atoms with E-state index in [9.17, 15) is 0 Å². The lowest BCUT2D eigenvalue weighted by Crippen LogP contribution is -2.37. The Labute approximate surface area is 327 Å². The van der Waals surface area contributed by atoms with Crippen LogP contribution in [0.4, 0.5) is 0 Å². The first-order chi connectivity index (χ1) is 27.8. The number of fused-ring (bicyclic) bond motifs is 9. The van der Waals surface area contributed by atoms with Gasteiger partial charge in [0.15, 0.2) is 5.82 Å². The van der Waals surface area contributed by atoms with E-state index in [4.69, 9.17) is 14.7 Å². The zero-order chi connectivity index (χ0) is 37.1. The average molecular weight is 717 g/mol. The SMILES string of the molecule is C1=CC2c3ccccc3C3(c4ccccc4Oc4c(-c5cccc(-c6cc(-c7ccccc7-c7ccccc7)nc(-c7ccccc7)n6)c5)cccc43)C2C=C1. The maximum Gasteiger partial charge on any atom is 0.160 e. The number of rotatable bonds is 5. The Morgan fingerprint density at radius 1 is 0.429 bits per heavy atom. The van der Waals surface area contributed by atoms with Gasteiger partial charge in [-0.3, -0.25) is 0 Å². The zero-order valence-corrected chi connectivity index (χ0v) is 30.6. The first kappa shape index (κ1) is 32.3. The van der Waals surface area contributed by atoms with Crippen LogP contribution < -0.4 is 4.74 Å². The van der Waals surface area contributed by atoms with Gasteiger partial charge in [-0.05, 0) is 46.0 Å². The van der Waals surface area contributed by atoms with Gasteiger partial charge in [0.1, 0.15) is 11.5 Å². The molecular formula is C53H36N2O. The normalized spacial score (nSPS) is 18.4. The van der Waals surface area contributed by atoms with E-state index in [0.29, 0.717) is 5.82 Å². The number of para-hydroxylation sites is 2. The largest absolute Gasteiger partial charge is 0.456 e. The second-order valence-electron chi connectivity index (χ2n) is 14.8. The lowest BCUT2D eigenvalue weighted by molar-refractivity contribution is 0.375. The summed E-state index contributed by atoms with van der Waals surface area (Å²) in [5.41, 5.74) is 13.9. The summed E-state index contributed by atoms with van der Waals surface area (Å²) in [4.78, 5) is 10.4. The molecule has 0 fully saturated rings. The maximum absolute atomic E-state index is 7.03. The fraction of sp³-hybridized carbons (Fsp3) is 0.0566. The third-order valence-corrected chi connectivity index (χ3v) is 11.9. The third kappa shape index (κ3) is 4.98. The average Bonchev–Trinajstić information content (AvgIpc) is 3.57. The van der Waals surface area contributed by atoms with Crippen molar-refractivity contribution in [3.05, 3.63) is 229 Å². The molecule has 7 aromatic carbocycles. The van der Waals surface area contributed by atoms with Gasteiger partial charge in [0, 0.05) is 45.2 Å². The summed E-state index contributed by atoms with van der Waals surface area (Å²) in [6, 6.07) is 64.5. The van der Waals surface area contributed by atoms with Crippen LogP contribution in [0.25, 0.3) is 56.2 Å². The first-order valence-corrected chi connectivity index (χ1v) is 19.3. The van der Waals surface area contributed by atoms with Crippen LogP contribution in [0.1, 0.15) is 28.2 Å². The second-order valence-corrected chi connectivity index (χ2v) is 14.8. The molecule has 3 nitrogen and oxygen atoms in total. The molecule has 8 aromatic rings. The van der Waals surface area contributed by atoms with Crippen LogP contribution in [0, 0.1) is 5.92 Å². The van der Waals surface area contributed by atoms with Gasteiger partial charge in [0.25, 0.3) is 0 Å². The molecule has 0 saturated heterocycles. The van der Waals surface area contributed by atoms with Crippen LogP contribution in [0.3, 0.4) is 0 Å². The van der Waals surface area contributed by atoms with E-state index in [0.717, 1.165) is 61.8 Å². The molecule has 3 unspecified atom stereocenters. The maximum atomic E-state index is 7.03. The Hall–Kier alpha value is -7.10. The second kappa shape index (κ2) is 13.0. The molecule has 3 heteroatoms. The smallest absolute Gasteiger partial charge is 0.160 e. The molecule has 1 aliphatic heterocycles. The zero-order valence-electron chi connectivity index (χ0n) is 30.6. The van der Waals surface area contributed by atoms with E-state index in [-0.39, 0.29) is 11.8 Å². The summed E-state index contributed by atoms with van der Waals surface area (Å²) in [6.45, 7) is 0. The van der Waals surface area contributed by atoms with E-state index >= 15 is 0 Å². The van der Waals surface area contributed by atoms with Gasteiger partial charge in [0.2, 0.25) is 0 Å². The summed E-state index contributed by atoms with van der Waals surface area (Å²) >= 11 is 0. The highest BCUT2D eigenvalue weighted by atomic mass is 16.5. The fourth-order valence-electron chi connectivity index (χ4n) is 9.49. The Kier molecular flexibility index (Phi) is 7.53. The number of hydrogen-bond donors (Lipinski definition) is 0. The topological polar surface area (TPSA) is 35.0 Å². The molecule has 2 aliphatic carbocycles. The van der Waals surface area contributed by atoms with E-state index < -0.39 is 5.41 Å². The van der Waals surface area contributed by atoms with Crippen molar-refractivity contribution in [2.24, 2.45) is 5.92 Å².